The number of amides is 1. The Balaban J connectivity index is 2.00. The van der Waals surface area contributed by atoms with Gasteiger partial charge in [0.15, 0.2) is 0 Å². The molecule has 0 aliphatic carbocycles. The van der Waals surface area contributed by atoms with Crippen molar-refractivity contribution in [2.75, 3.05) is 13.1 Å². The SMILES string of the molecule is O=C(Cc1ccc(Cl)nc1)N1CC1. The zero-order chi connectivity index (χ0) is 9.26. The van der Waals surface area contributed by atoms with E-state index in [4.69, 9.17) is 11.6 Å². The van der Waals surface area contributed by atoms with E-state index in [9.17, 15) is 4.79 Å². The second kappa shape index (κ2) is 3.34. The molecule has 13 heavy (non-hydrogen) atoms. The molecule has 1 fully saturated rings. The highest BCUT2D eigenvalue weighted by Gasteiger charge is 2.23. The number of nitrogens with zero attached hydrogens (tertiary/aromatic N) is 2. The average molecular weight is 197 g/mol. The first-order valence-electron chi connectivity index (χ1n) is 4.14. The number of halogens is 1. The van der Waals surface area contributed by atoms with E-state index < -0.39 is 0 Å². The summed E-state index contributed by atoms with van der Waals surface area (Å²) in [6, 6.07) is 3.53. The van der Waals surface area contributed by atoms with Gasteiger partial charge < -0.3 is 4.90 Å². The Kier molecular flexibility index (Phi) is 2.19. The van der Waals surface area contributed by atoms with Crippen LogP contribution >= 0.6 is 11.6 Å². The van der Waals surface area contributed by atoms with Gasteiger partial charge in [-0.25, -0.2) is 4.98 Å². The summed E-state index contributed by atoms with van der Waals surface area (Å²) in [7, 11) is 0. The van der Waals surface area contributed by atoms with Crippen LogP contribution in [0.3, 0.4) is 0 Å². The molecule has 4 heteroatoms. The fourth-order valence-corrected chi connectivity index (χ4v) is 1.21. The molecule has 0 bridgehead atoms. The standard InChI is InChI=1S/C9H9ClN2O/c10-8-2-1-7(6-11-8)5-9(13)12-3-4-12/h1-2,6H,3-5H2. The molecule has 0 unspecified atom stereocenters. The molecule has 0 aromatic carbocycles. The number of aromatic nitrogens is 1. The zero-order valence-corrected chi connectivity index (χ0v) is 7.79. The van der Waals surface area contributed by atoms with Crippen molar-refractivity contribution in [2.24, 2.45) is 0 Å². The summed E-state index contributed by atoms with van der Waals surface area (Å²) >= 11 is 5.62. The average Bonchev–Trinajstić information content (AvgIpc) is 2.91. The molecule has 1 amide bonds. The molecule has 0 atom stereocenters. The number of hydrogen-bond donors (Lipinski definition) is 0. The van der Waals surface area contributed by atoms with Gasteiger partial charge in [-0.2, -0.15) is 0 Å². The predicted molar refractivity (Wildman–Crippen MR) is 49.5 cm³/mol. The van der Waals surface area contributed by atoms with Crippen LogP contribution < -0.4 is 0 Å². The van der Waals surface area contributed by atoms with Gasteiger partial charge in [0.2, 0.25) is 5.91 Å². The van der Waals surface area contributed by atoms with Crippen LogP contribution in [0.25, 0.3) is 0 Å². The lowest BCUT2D eigenvalue weighted by molar-refractivity contribution is -0.125. The minimum Gasteiger partial charge on any atom is -0.339 e. The summed E-state index contributed by atoms with van der Waals surface area (Å²) in [6.45, 7) is 1.81. The minimum absolute atomic E-state index is 0.170. The van der Waals surface area contributed by atoms with Gasteiger partial charge in [0.05, 0.1) is 6.42 Å². The van der Waals surface area contributed by atoms with E-state index in [1.54, 1.807) is 17.2 Å². The molecule has 1 saturated heterocycles. The fraction of sp³-hybridized carbons (Fsp3) is 0.333. The molecule has 0 spiro atoms. The third-order valence-electron chi connectivity index (χ3n) is 1.94. The van der Waals surface area contributed by atoms with E-state index in [1.165, 1.54) is 0 Å². The summed E-state index contributed by atoms with van der Waals surface area (Å²) in [5, 5.41) is 0.461. The molecule has 0 radical (unpaired) electrons. The van der Waals surface area contributed by atoms with Gasteiger partial charge >= 0.3 is 0 Å². The number of rotatable bonds is 2. The maximum absolute atomic E-state index is 11.3. The van der Waals surface area contributed by atoms with Crippen LogP contribution in [0.1, 0.15) is 5.56 Å². The summed E-state index contributed by atoms with van der Waals surface area (Å²) in [6.07, 6.45) is 2.08. The Bertz CT molecular complexity index is 319. The van der Waals surface area contributed by atoms with Crippen molar-refractivity contribution < 1.29 is 4.79 Å². The van der Waals surface area contributed by atoms with Crippen LogP contribution in [0.15, 0.2) is 18.3 Å². The first kappa shape index (κ1) is 8.51. The fourth-order valence-electron chi connectivity index (χ4n) is 1.10. The Labute approximate surface area is 81.3 Å². The van der Waals surface area contributed by atoms with Crippen LogP contribution in [-0.2, 0) is 11.2 Å². The van der Waals surface area contributed by atoms with Gasteiger partial charge in [-0.3, -0.25) is 4.79 Å². The first-order valence-corrected chi connectivity index (χ1v) is 4.52. The largest absolute Gasteiger partial charge is 0.339 e. The van der Waals surface area contributed by atoms with Crippen molar-refractivity contribution in [1.29, 1.82) is 0 Å². The zero-order valence-electron chi connectivity index (χ0n) is 7.03. The third kappa shape index (κ3) is 2.18. The third-order valence-corrected chi connectivity index (χ3v) is 2.17. The van der Waals surface area contributed by atoms with Crippen molar-refractivity contribution in [2.45, 2.75) is 6.42 Å². The van der Waals surface area contributed by atoms with E-state index in [0.717, 1.165) is 18.7 Å². The van der Waals surface area contributed by atoms with Gasteiger partial charge in [-0.05, 0) is 11.6 Å². The highest BCUT2D eigenvalue weighted by atomic mass is 35.5. The topological polar surface area (TPSA) is 33.0 Å². The number of hydrogen-bond acceptors (Lipinski definition) is 2. The molecule has 1 aliphatic heterocycles. The van der Waals surface area contributed by atoms with Crippen molar-refractivity contribution in [3.63, 3.8) is 0 Å². The van der Waals surface area contributed by atoms with Gasteiger partial charge in [0.1, 0.15) is 5.15 Å². The van der Waals surface area contributed by atoms with E-state index in [0.29, 0.717) is 11.6 Å². The Hall–Kier alpha value is -1.09. The summed E-state index contributed by atoms with van der Waals surface area (Å²) in [5.41, 5.74) is 0.918. The molecule has 1 aromatic rings. The van der Waals surface area contributed by atoms with Crippen molar-refractivity contribution >= 4 is 17.5 Å². The van der Waals surface area contributed by atoms with Crippen LogP contribution in [0.2, 0.25) is 5.15 Å². The smallest absolute Gasteiger partial charge is 0.227 e. The molecule has 2 heterocycles. The summed E-state index contributed by atoms with van der Waals surface area (Å²) in [4.78, 5) is 17.0. The molecular weight excluding hydrogens is 188 g/mol. The lowest BCUT2D eigenvalue weighted by Gasteiger charge is -2.00. The molecule has 2 rings (SSSR count). The minimum atomic E-state index is 0.170. The maximum Gasteiger partial charge on any atom is 0.227 e. The molecule has 1 aliphatic rings. The Morgan fingerprint density at radius 3 is 2.85 bits per heavy atom. The van der Waals surface area contributed by atoms with Gasteiger partial charge in [-0.15, -0.1) is 0 Å². The monoisotopic (exact) mass is 196 g/mol. The van der Waals surface area contributed by atoms with Crippen molar-refractivity contribution in [3.8, 4) is 0 Å². The number of pyridine rings is 1. The number of carbonyl (C=O) groups is 1. The number of carbonyl (C=O) groups excluding carboxylic acids is 1. The quantitative estimate of drug-likeness (QED) is 0.525. The molecular formula is C9H9ClN2O. The predicted octanol–water partition coefficient (Wildman–Crippen LogP) is 1.12. The molecule has 1 aromatic heterocycles. The van der Waals surface area contributed by atoms with Crippen LogP contribution in [0.5, 0.6) is 0 Å². The Morgan fingerprint density at radius 1 is 1.54 bits per heavy atom. The second-order valence-electron chi connectivity index (χ2n) is 3.05. The van der Waals surface area contributed by atoms with Gasteiger partial charge in [0.25, 0.3) is 0 Å². The first-order chi connectivity index (χ1) is 6.25. The highest BCUT2D eigenvalue weighted by Crippen LogP contribution is 2.10. The molecule has 0 N–H and O–H groups in total. The van der Waals surface area contributed by atoms with Gasteiger partial charge in [-0.1, -0.05) is 17.7 Å². The van der Waals surface area contributed by atoms with E-state index >= 15 is 0 Å². The summed E-state index contributed by atoms with van der Waals surface area (Å²) < 4.78 is 0. The molecule has 0 saturated carbocycles. The second-order valence-corrected chi connectivity index (χ2v) is 3.43. The molecule has 3 nitrogen and oxygen atoms in total. The Morgan fingerprint density at radius 2 is 2.31 bits per heavy atom. The van der Waals surface area contributed by atoms with Crippen molar-refractivity contribution in [3.05, 3.63) is 29.0 Å². The highest BCUT2D eigenvalue weighted by molar-refractivity contribution is 6.29. The van der Waals surface area contributed by atoms with Gasteiger partial charge in [0, 0.05) is 19.3 Å². The van der Waals surface area contributed by atoms with E-state index in [2.05, 4.69) is 4.98 Å². The lowest BCUT2D eigenvalue weighted by Crippen LogP contribution is -2.13. The van der Waals surface area contributed by atoms with E-state index in [-0.39, 0.29) is 5.91 Å². The van der Waals surface area contributed by atoms with Crippen LogP contribution in [0.4, 0.5) is 0 Å². The van der Waals surface area contributed by atoms with Crippen LogP contribution in [-0.4, -0.2) is 28.9 Å². The molecule has 68 valence electrons. The van der Waals surface area contributed by atoms with Crippen molar-refractivity contribution in [1.82, 2.24) is 9.88 Å². The lowest BCUT2D eigenvalue weighted by atomic mass is 10.2. The summed E-state index contributed by atoms with van der Waals surface area (Å²) in [5.74, 6) is 0.170. The van der Waals surface area contributed by atoms with Crippen LogP contribution in [0, 0.1) is 0 Å². The van der Waals surface area contributed by atoms with E-state index in [1.807, 2.05) is 6.07 Å². The maximum atomic E-state index is 11.3. The normalized spacial score (nSPS) is 14.4.